The Morgan fingerprint density at radius 2 is 2.20 bits per heavy atom. The topological polar surface area (TPSA) is 67.6 Å². The number of benzene rings is 1. The number of nitriles is 1. The molecule has 1 aliphatic heterocycles. The highest BCUT2D eigenvalue weighted by Crippen LogP contribution is 2.37. The summed E-state index contributed by atoms with van der Waals surface area (Å²) in [6, 6.07) is 8.00. The van der Waals surface area contributed by atoms with Gasteiger partial charge in [-0.15, -0.1) is 0 Å². The maximum Gasteiger partial charge on any atom is 0.260 e. The van der Waals surface area contributed by atoms with Gasteiger partial charge in [-0.25, -0.2) is 0 Å². The molecule has 0 radical (unpaired) electrons. The van der Waals surface area contributed by atoms with Crippen LogP contribution in [0.15, 0.2) is 18.2 Å². The van der Waals surface area contributed by atoms with E-state index in [1.165, 1.54) is 4.90 Å². The quantitative estimate of drug-likeness (QED) is 0.908. The molecular weight excluding hydrogens is 254 g/mol. The number of hydrogen-bond donors (Lipinski definition) is 1. The Bertz CT molecular complexity index is 563. The van der Waals surface area contributed by atoms with Crippen LogP contribution in [-0.2, 0) is 4.79 Å². The van der Waals surface area contributed by atoms with Crippen LogP contribution in [0, 0.1) is 11.3 Å². The zero-order valence-electron chi connectivity index (χ0n) is 12.0. The molecule has 0 spiro atoms. The van der Waals surface area contributed by atoms with Crippen LogP contribution in [0.1, 0.15) is 31.9 Å². The van der Waals surface area contributed by atoms with Crippen molar-refractivity contribution in [3.63, 3.8) is 0 Å². The highest BCUT2D eigenvalue weighted by Gasteiger charge is 2.33. The third-order valence-electron chi connectivity index (χ3n) is 3.65. The minimum Gasteiger partial charge on any atom is -0.378 e. The van der Waals surface area contributed by atoms with E-state index in [4.69, 9.17) is 5.26 Å². The number of hydrogen-bond acceptors (Lipinski definition) is 4. The number of amides is 1. The fourth-order valence-electron chi connectivity index (χ4n) is 2.52. The van der Waals surface area contributed by atoms with Gasteiger partial charge in [0.1, 0.15) is 0 Å². The molecule has 0 saturated carbocycles. The van der Waals surface area contributed by atoms with Gasteiger partial charge in [0, 0.05) is 30.9 Å². The molecule has 0 saturated heterocycles. The second kappa shape index (κ2) is 5.51. The average molecular weight is 273 g/mol. The van der Waals surface area contributed by atoms with Gasteiger partial charge in [-0.3, -0.25) is 4.79 Å². The van der Waals surface area contributed by atoms with Gasteiger partial charge in [-0.1, -0.05) is 6.07 Å². The first-order valence-corrected chi connectivity index (χ1v) is 6.70. The zero-order chi connectivity index (χ0) is 14.9. The van der Waals surface area contributed by atoms with Gasteiger partial charge in [0.05, 0.1) is 18.2 Å². The Morgan fingerprint density at radius 1 is 1.50 bits per heavy atom. The van der Waals surface area contributed by atoms with Crippen LogP contribution in [0.4, 0.5) is 11.4 Å². The maximum absolute atomic E-state index is 11.8. The van der Waals surface area contributed by atoms with E-state index >= 15 is 0 Å². The normalized spacial score (nSPS) is 17.3. The van der Waals surface area contributed by atoms with Gasteiger partial charge in [0.2, 0.25) is 0 Å². The Hall–Kier alpha value is -2.06. The summed E-state index contributed by atoms with van der Waals surface area (Å²) in [4.78, 5) is 15.4. The van der Waals surface area contributed by atoms with Crippen LogP contribution in [-0.4, -0.2) is 30.6 Å². The molecule has 20 heavy (non-hydrogen) atoms. The first-order valence-electron chi connectivity index (χ1n) is 6.70. The predicted molar refractivity (Wildman–Crippen MR) is 77.5 cm³/mol. The Kier molecular flexibility index (Phi) is 3.96. The van der Waals surface area contributed by atoms with Crippen LogP contribution >= 0.6 is 0 Å². The van der Waals surface area contributed by atoms with Crippen molar-refractivity contribution in [3.05, 3.63) is 23.8 Å². The van der Waals surface area contributed by atoms with Gasteiger partial charge in [-0.05, 0) is 26.0 Å². The SMILES string of the molecule is CC(C)N(CCC#N)c1ccc2c(c1)N(C)C(=O)C2O. The second-order valence-electron chi connectivity index (χ2n) is 5.24. The highest BCUT2D eigenvalue weighted by atomic mass is 16.3. The summed E-state index contributed by atoms with van der Waals surface area (Å²) < 4.78 is 0. The lowest BCUT2D eigenvalue weighted by atomic mass is 10.1. The van der Waals surface area contributed by atoms with Gasteiger partial charge >= 0.3 is 0 Å². The molecule has 1 aromatic carbocycles. The lowest BCUT2D eigenvalue weighted by molar-refractivity contribution is -0.125. The molecule has 1 heterocycles. The van der Waals surface area contributed by atoms with Crippen molar-refractivity contribution in [3.8, 4) is 6.07 Å². The maximum atomic E-state index is 11.8. The van der Waals surface area contributed by atoms with Gasteiger partial charge in [0.15, 0.2) is 6.10 Å². The third-order valence-corrected chi connectivity index (χ3v) is 3.65. The fraction of sp³-hybridized carbons (Fsp3) is 0.467. The summed E-state index contributed by atoms with van der Waals surface area (Å²) in [7, 11) is 1.66. The molecular formula is C15H19N3O2. The van der Waals surface area contributed by atoms with Crippen LogP contribution in [0.25, 0.3) is 0 Å². The number of carbonyl (C=O) groups is 1. The molecule has 0 bridgehead atoms. The van der Waals surface area contributed by atoms with Crippen molar-refractivity contribution < 1.29 is 9.90 Å². The number of rotatable bonds is 4. The summed E-state index contributed by atoms with van der Waals surface area (Å²) in [6.07, 6.45) is -0.609. The molecule has 1 atom stereocenters. The van der Waals surface area contributed by atoms with Crippen molar-refractivity contribution in [2.75, 3.05) is 23.4 Å². The molecule has 1 aliphatic rings. The molecule has 0 fully saturated rings. The monoisotopic (exact) mass is 273 g/mol. The summed E-state index contributed by atoms with van der Waals surface area (Å²) in [6.45, 7) is 4.77. The van der Waals surface area contributed by atoms with Crippen LogP contribution in [0.5, 0.6) is 0 Å². The van der Waals surface area contributed by atoms with E-state index in [1.807, 2.05) is 12.1 Å². The minimum absolute atomic E-state index is 0.258. The van der Waals surface area contributed by atoms with E-state index in [-0.39, 0.29) is 11.9 Å². The molecule has 1 unspecified atom stereocenters. The van der Waals surface area contributed by atoms with Crippen molar-refractivity contribution in [1.82, 2.24) is 0 Å². The molecule has 1 aromatic rings. The van der Waals surface area contributed by atoms with Crippen molar-refractivity contribution >= 4 is 17.3 Å². The fourth-order valence-corrected chi connectivity index (χ4v) is 2.52. The number of nitrogens with zero attached hydrogens (tertiary/aromatic N) is 3. The van der Waals surface area contributed by atoms with Crippen molar-refractivity contribution in [2.45, 2.75) is 32.4 Å². The number of aliphatic hydroxyl groups excluding tert-OH is 1. The van der Waals surface area contributed by atoms with Crippen LogP contribution in [0.3, 0.4) is 0 Å². The predicted octanol–water partition coefficient (Wildman–Crippen LogP) is 1.82. The second-order valence-corrected chi connectivity index (χ2v) is 5.24. The molecule has 106 valence electrons. The zero-order valence-corrected chi connectivity index (χ0v) is 12.0. The van der Waals surface area contributed by atoms with Gasteiger partial charge in [0.25, 0.3) is 5.91 Å². The van der Waals surface area contributed by atoms with E-state index in [0.29, 0.717) is 18.5 Å². The molecule has 1 amide bonds. The number of fused-ring (bicyclic) bond motifs is 1. The third kappa shape index (κ3) is 2.35. The number of anilines is 2. The minimum atomic E-state index is -1.06. The first kappa shape index (κ1) is 14.4. The lowest BCUT2D eigenvalue weighted by Gasteiger charge is -2.29. The molecule has 5 nitrogen and oxygen atoms in total. The van der Waals surface area contributed by atoms with Gasteiger partial charge < -0.3 is 14.9 Å². The van der Waals surface area contributed by atoms with Crippen LogP contribution in [0.2, 0.25) is 0 Å². The number of aliphatic hydroxyl groups is 1. The molecule has 2 rings (SSSR count). The average Bonchev–Trinajstić information content (AvgIpc) is 2.64. The Labute approximate surface area is 119 Å². The number of carbonyl (C=O) groups excluding carboxylic acids is 1. The lowest BCUT2D eigenvalue weighted by Crippen LogP contribution is -2.31. The molecule has 5 heteroatoms. The summed E-state index contributed by atoms with van der Waals surface area (Å²) in [5, 5.41) is 18.6. The van der Waals surface area contributed by atoms with E-state index < -0.39 is 6.10 Å². The summed E-state index contributed by atoms with van der Waals surface area (Å²) in [5.41, 5.74) is 2.34. The summed E-state index contributed by atoms with van der Waals surface area (Å²) >= 11 is 0. The van der Waals surface area contributed by atoms with E-state index in [1.54, 1.807) is 13.1 Å². The molecule has 0 aliphatic carbocycles. The van der Waals surface area contributed by atoms with Crippen LogP contribution < -0.4 is 9.80 Å². The molecule has 0 aromatic heterocycles. The Balaban J connectivity index is 2.36. The molecule has 1 N–H and O–H groups in total. The van der Waals surface area contributed by atoms with E-state index in [2.05, 4.69) is 24.8 Å². The smallest absolute Gasteiger partial charge is 0.260 e. The van der Waals surface area contributed by atoms with E-state index in [9.17, 15) is 9.90 Å². The number of likely N-dealkylation sites (N-methyl/N-ethyl adjacent to an activating group) is 1. The standard InChI is InChI=1S/C15H19N3O2/c1-10(2)18(8-4-7-16)11-5-6-12-13(9-11)17(3)15(20)14(12)19/h5-6,9-10,14,19H,4,8H2,1-3H3. The summed E-state index contributed by atoms with van der Waals surface area (Å²) in [5.74, 6) is -0.301. The van der Waals surface area contributed by atoms with Gasteiger partial charge in [-0.2, -0.15) is 5.26 Å². The van der Waals surface area contributed by atoms with Crippen molar-refractivity contribution in [1.29, 1.82) is 5.26 Å². The van der Waals surface area contributed by atoms with Crippen molar-refractivity contribution in [2.24, 2.45) is 0 Å². The largest absolute Gasteiger partial charge is 0.378 e. The Morgan fingerprint density at radius 3 is 2.80 bits per heavy atom. The first-order chi connectivity index (χ1) is 9.47. The van der Waals surface area contributed by atoms with E-state index in [0.717, 1.165) is 11.4 Å². The highest BCUT2D eigenvalue weighted by molar-refractivity contribution is 6.03.